The average molecular weight is 238 g/mol. The van der Waals surface area contributed by atoms with E-state index in [1.165, 1.54) is 0 Å². The maximum absolute atomic E-state index is 10.4. The molecule has 0 amide bonds. The molecule has 0 aromatic rings. The van der Waals surface area contributed by atoms with Gasteiger partial charge in [-0.25, -0.2) is 0 Å². The number of rotatable bonds is 3. The van der Waals surface area contributed by atoms with Crippen LogP contribution in [0.5, 0.6) is 0 Å². The summed E-state index contributed by atoms with van der Waals surface area (Å²) in [5, 5.41) is 36.9. The van der Waals surface area contributed by atoms with Crippen molar-refractivity contribution in [3.63, 3.8) is 0 Å². The second kappa shape index (κ2) is 5.53. The van der Waals surface area contributed by atoms with E-state index in [0.717, 1.165) is 6.92 Å². The third-order valence-electron chi connectivity index (χ3n) is 2.04. The third-order valence-corrected chi connectivity index (χ3v) is 2.04. The van der Waals surface area contributed by atoms with E-state index >= 15 is 0 Å². The molecule has 1 heterocycles. The topological polar surface area (TPSA) is 126 Å². The summed E-state index contributed by atoms with van der Waals surface area (Å²) < 4.78 is 13.8. The summed E-state index contributed by atoms with van der Waals surface area (Å²) in [4.78, 5) is 10.4. The van der Waals surface area contributed by atoms with Crippen molar-refractivity contribution in [3.8, 4) is 0 Å². The second-order valence-electron chi connectivity index (χ2n) is 3.29. The summed E-state index contributed by atoms with van der Waals surface area (Å²) in [5.74, 6) is -0.591. The van der Waals surface area contributed by atoms with Crippen LogP contribution in [0.15, 0.2) is 0 Å². The predicted molar refractivity (Wildman–Crippen MR) is 46.6 cm³/mol. The monoisotopic (exact) mass is 238 g/mol. The van der Waals surface area contributed by atoms with Crippen molar-refractivity contribution in [2.45, 2.75) is 37.8 Å². The lowest BCUT2D eigenvalue weighted by atomic mass is 10.0. The minimum absolute atomic E-state index is 0.493. The Labute approximate surface area is 91.0 Å². The first-order chi connectivity index (χ1) is 7.43. The Kier molecular flexibility index (Phi) is 4.59. The van der Waals surface area contributed by atoms with Crippen LogP contribution in [0.25, 0.3) is 0 Å². The van der Waals surface area contributed by atoms with Crippen molar-refractivity contribution in [1.82, 2.24) is 0 Å². The van der Waals surface area contributed by atoms with Crippen LogP contribution in [0.2, 0.25) is 0 Å². The molecule has 1 saturated heterocycles. The number of ether oxygens (including phenoxy) is 3. The Balaban J connectivity index is 2.44. The summed E-state index contributed by atoms with van der Waals surface area (Å²) in [6, 6.07) is 0. The quantitative estimate of drug-likeness (QED) is 0.308. The molecule has 4 N–H and O–H groups in total. The number of aliphatic hydroxyl groups excluding tert-OH is 4. The largest absolute Gasteiger partial charge is 0.439 e. The van der Waals surface area contributed by atoms with Crippen LogP contribution in [0.4, 0.5) is 0 Å². The molecule has 8 heteroatoms. The number of carbonyl (C=O) groups excluding carboxylic acids is 1. The van der Waals surface area contributed by atoms with E-state index in [-0.39, 0.29) is 0 Å². The van der Waals surface area contributed by atoms with Gasteiger partial charge in [-0.3, -0.25) is 4.79 Å². The fourth-order valence-corrected chi connectivity index (χ4v) is 1.15. The molecule has 8 nitrogen and oxygen atoms in total. The van der Waals surface area contributed by atoms with E-state index in [1.807, 2.05) is 0 Å². The minimum Gasteiger partial charge on any atom is -0.439 e. The maximum Gasteiger partial charge on any atom is 0.304 e. The van der Waals surface area contributed by atoms with Gasteiger partial charge in [0.05, 0.1) is 0 Å². The predicted octanol–water partition coefficient (Wildman–Crippen LogP) is -2.72. The molecule has 1 aliphatic heterocycles. The molecule has 94 valence electrons. The van der Waals surface area contributed by atoms with Gasteiger partial charge in [0, 0.05) is 6.92 Å². The molecule has 0 radical (unpaired) electrons. The van der Waals surface area contributed by atoms with Crippen LogP contribution in [0.1, 0.15) is 6.92 Å². The molecule has 0 spiro atoms. The van der Waals surface area contributed by atoms with E-state index in [1.54, 1.807) is 0 Å². The standard InChI is InChI=1S/C8H14O8/c1-3(9)14-2-15-8-6(12)4(10)5(11)7(13)16-8/h4-8,10-13H,2H2,1H3. The molecule has 5 atom stereocenters. The van der Waals surface area contributed by atoms with Gasteiger partial charge in [-0.2, -0.15) is 0 Å². The van der Waals surface area contributed by atoms with Gasteiger partial charge in [0.15, 0.2) is 19.4 Å². The number of hydrogen-bond donors (Lipinski definition) is 4. The van der Waals surface area contributed by atoms with Crippen molar-refractivity contribution in [1.29, 1.82) is 0 Å². The second-order valence-corrected chi connectivity index (χ2v) is 3.29. The Morgan fingerprint density at radius 2 is 1.81 bits per heavy atom. The normalized spacial score (nSPS) is 39.4. The smallest absolute Gasteiger partial charge is 0.304 e. The summed E-state index contributed by atoms with van der Waals surface area (Å²) in [6.07, 6.45) is -7.84. The highest BCUT2D eigenvalue weighted by Crippen LogP contribution is 2.20. The van der Waals surface area contributed by atoms with Gasteiger partial charge in [0.25, 0.3) is 0 Å². The summed E-state index contributed by atoms with van der Waals surface area (Å²) in [5.41, 5.74) is 0. The first kappa shape index (κ1) is 13.3. The van der Waals surface area contributed by atoms with Crippen LogP contribution in [0, 0.1) is 0 Å². The molecule has 0 saturated carbocycles. The lowest BCUT2D eigenvalue weighted by Crippen LogP contribution is -2.58. The van der Waals surface area contributed by atoms with Gasteiger partial charge in [-0.05, 0) is 0 Å². The highest BCUT2D eigenvalue weighted by molar-refractivity contribution is 5.65. The molecular formula is C8H14O8. The van der Waals surface area contributed by atoms with Gasteiger partial charge in [-0.15, -0.1) is 0 Å². The Morgan fingerprint density at radius 3 is 2.38 bits per heavy atom. The SMILES string of the molecule is CC(=O)OCOC1OC(O)C(O)C(O)C1O. The van der Waals surface area contributed by atoms with E-state index in [4.69, 9.17) is 14.9 Å². The molecule has 0 aromatic carbocycles. The fourth-order valence-electron chi connectivity index (χ4n) is 1.15. The fraction of sp³-hybridized carbons (Fsp3) is 0.875. The van der Waals surface area contributed by atoms with E-state index in [9.17, 15) is 15.0 Å². The third kappa shape index (κ3) is 3.11. The van der Waals surface area contributed by atoms with Gasteiger partial charge < -0.3 is 34.6 Å². The molecule has 16 heavy (non-hydrogen) atoms. The van der Waals surface area contributed by atoms with Crippen molar-refractivity contribution in [2.24, 2.45) is 0 Å². The zero-order valence-corrected chi connectivity index (χ0v) is 8.52. The van der Waals surface area contributed by atoms with Gasteiger partial charge in [-0.1, -0.05) is 0 Å². The molecule has 1 aliphatic rings. The minimum atomic E-state index is -1.68. The Morgan fingerprint density at radius 1 is 1.19 bits per heavy atom. The first-order valence-electron chi connectivity index (χ1n) is 4.56. The number of esters is 1. The molecule has 5 unspecified atom stereocenters. The summed E-state index contributed by atoms with van der Waals surface area (Å²) in [6.45, 7) is 0.668. The molecule has 0 aliphatic carbocycles. The van der Waals surface area contributed by atoms with Crippen molar-refractivity contribution in [2.75, 3.05) is 6.79 Å². The van der Waals surface area contributed by atoms with Crippen LogP contribution in [-0.2, 0) is 19.0 Å². The van der Waals surface area contributed by atoms with E-state index in [2.05, 4.69) is 9.47 Å². The zero-order chi connectivity index (χ0) is 12.3. The van der Waals surface area contributed by atoms with Crippen LogP contribution in [-0.4, -0.2) is 64.1 Å². The summed E-state index contributed by atoms with van der Waals surface area (Å²) >= 11 is 0. The molecule has 1 rings (SSSR count). The first-order valence-corrected chi connectivity index (χ1v) is 4.56. The average Bonchev–Trinajstić information content (AvgIpc) is 2.22. The van der Waals surface area contributed by atoms with Crippen LogP contribution < -0.4 is 0 Å². The number of hydrogen-bond acceptors (Lipinski definition) is 8. The summed E-state index contributed by atoms with van der Waals surface area (Å²) in [7, 11) is 0. The zero-order valence-electron chi connectivity index (χ0n) is 8.52. The molecular weight excluding hydrogens is 224 g/mol. The highest BCUT2D eigenvalue weighted by atomic mass is 16.8. The number of carbonyl (C=O) groups is 1. The molecule has 1 fully saturated rings. The van der Waals surface area contributed by atoms with Crippen molar-refractivity contribution in [3.05, 3.63) is 0 Å². The van der Waals surface area contributed by atoms with Gasteiger partial charge >= 0.3 is 5.97 Å². The van der Waals surface area contributed by atoms with Crippen LogP contribution >= 0.6 is 0 Å². The van der Waals surface area contributed by atoms with Gasteiger partial charge in [0.2, 0.25) is 0 Å². The van der Waals surface area contributed by atoms with E-state index in [0.29, 0.717) is 0 Å². The Hall–Kier alpha value is -0.770. The lowest BCUT2D eigenvalue weighted by Gasteiger charge is -2.37. The van der Waals surface area contributed by atoms with Gasteiger partial charge in [0.1, 0.15) is 18.3 Å². The van der Waals surface area contributed by atoms with Crippen molar-refractivity contribution < 1.29 is 39.4 Å². The lowest BCUT2D eigenvalue weighted by molar-refractivity contribution is -0.349. The Bertz CT molecular complexity index is 244. The molecule has 0 aromatic heterocycles. The number of aliphatic hydroxyl groups is 4. The maximum atomic E-state index is 10.4. The van der Waals surface area contributed by atoms with Crippen LogP contribution in [0.3, 0.4) is 0 Å². The van der Waals surface area contributed by atoms with Crippen molar-refractivity contribution >= 4 is 5.97 Å². The molecule has 0 bridgehead atoms. The van der Waals surface area contributed by atoms with E-state index < -0.39 is 43.7 Å². The highest BCUT2D eigenvalue weighted by Gasteiger charge is 2.43.